The molecule has 1 aliphatic rings. The summed E-state index contributed by atoms with van der Waals surface area (Å²) in [5.74, 6) is 0.739. The summed E-state index contributed by atoms with van der Waals surface area (Å²) in [5, 5.41) is 13.4. The second-order valence-corrected chi connectivity index (χ2v) is 6.26. The van der Waals surface area contributed by atoms with Crippen LogP contribution in [-0.4, -0.2) is 17.8 Å². The summed E-state index contributed by atoms with van der Waals surface area (Å²) in [6.07, 6.45) is 5.98. The van der Waals surface area contributed by atoms with Crippen LogP contribution in [-0.2, 0) is 0 Å². The highest BCUT2D eigenvalue weighted by Gasteiger charge is 2.18. The van der Waals surface area contributed by atoms with Crippen molar-refractivity contribution in [3.63, 3.8) is 0 Å². The molecule has 0 saturated heterocycles. The summed E-state index contributed by atoms with van der Waals surface area (Å²) < 4.78 is 1.06. The highest BCUT2D eigenvalue weighted by atomic mass is 79.9. The Balaban J connectivity index is 1.81. The second kappa shape index (κ2) is 6.58. The summed E-state index contributed by atoms with van der Waals surface area (Å²) in [6.45, 7) is 2.71. The fourth-order valence-electron chi connectivity index (χ4n) is 2.72. The van der Waals surface area contributed by atoms with Crippen LogP contribution in [0.2, 0.25) is 0 Å². The predicted octanol–water partition coefficient (Wildman–Crippen LogP) is 4.11. The minimum atomic E-state index is -0.236. The Morgan fingerprint density at radius 3 is 2.83 bits per heavy atom. The van der Waals surface area contributed by atoms with E-state index in [1.807, 2.05) is 6.07 Å². The summed E-state index contributed by atoms with van der Waals surface area (Å²) in [6, 6.07) is 6.22. The lowest BCUT2D eigenvalue weighted by atomic mass is 10.00. The maximum Gasteiger partial charge on any atom is 0.0715 e. The molecule has 2 rings (SSSR count). The molecule has 100 valence electrons. The molecule has 0 spiro atoms. The molecule has 1 atom stereocenters. The molecule has 2 nitrogen and oxygen atoms in total. The van der Waals surface area contributed by atoms with Crippen molar-refractivity contribution in [3.8, 4) is 0 Å². The number of aliphatic hydroxyl groups is 1. The van der Waals surface area contributed by atoms with Crippen LogP contribution in [0.15, 0.2) is 22.7 Å². The number of halogens is 1. The molecule has 3 heteroatoms. The van der Waals surface area contributed by atoms with Crippen molar-refractivity contribution in [2.75, 3.05) is 11.9 Å². The Bertz CT molecular complexity index is 388. The molecule has 1 saturated carbocycles. The Morgan fingerprint density at radius 2 is 2.11 bits per heavy atom. The smallest absolute Gasteiger partial charge is 0.0715 e. The molecule has 0 amide bonds. The number of anilines is 1. The molecule has 1 unspecified atom stereocenters. The third-order valence-electron chi connectivity index (χ3n) is 3.73. The molecule has 2 N–H and O–H groups in total. The van der Waals surface area contributed by atoms with Gasteiger partial charge in [-0.15, -0.1) is 0 Å². The zero-order valence-electron chi connectivity index (χ0n) is 11.0. The van der Waals surface area contributed by atoms with Gasteiger partial charge in [0.1, 0.15) is 0 Å². The van der Waals surface area contributed by atoms with Gasteiger partial charge in [-0.2, -0.15) is 0 Å². The first-order valence-electron chi connectivity index (χ1n) is 6.83. The lowest BCUT2D eigenvalue weighted by Gasteiger charge is -2.17. The van der Waals surface area contributed by atoms with Crippen molar-refractivity contribution in [2.45, 2.75) is 45.1 Å². The molecule has 0 aromatic heterocycles. The number of hydrogen-bond donors (Lipinski definition) is 2. The average molecular weight is 312 g/mol. The first-order valence-corrected chi connectivity index (χ1v) is 7.62. The molecular weight excluding hydrogens is 290 g/mol. The molecule has 1 aliphatic carbocycles. The summed E-state index contributed by atoms with van der Waals surface area (Å²) >= 11 is 3.52. The topological polar surface area (TPSA) is 32.3 Å². The van der Waals surface area contributed by atoms with Crippen LogP contribution in [0, 0.1) is 12.8 Å². The minimum absolute atomic E-state index is 0.236. The van der Waals surface area contributed by atoms with Crippen LogP contribution >= 0.6 is 15.9 Å². The molecule has 0 aliphatic heterocycles. The van der Waals surface area contributed by atoms with Crippen LogP contribution in [0.1, 0.15) is 37.7 Å². The van der Waals surface area contributed by atoms with Crippen LogP contribution in [0.25, 0.3) is 0 Å². The maximum absolute atomic E-state index is 10.1. The van der Waals surface area contributed by atoms with E-state index in [4.69, 9.17) is 0 Å². The van der Waals surface area contributed by atoms with Crippen molar-refractivity contribution in [2.24, 2.45) is 5.92 Å². The number of nitrogens with one attached hydrogen (secondary N) is 1. The van der Waals surface area contributed by atoms with Gasteiger partial charge < -0.3 is 10.4 Å². The first kappa shape index (κ1) is 13.9. The van der Waals surface area contributed by atoms with E-state index < -0.39 is 0 Å². The zero-order valence-corrected chi connectivity index (χ0v) is 12.5. The van der Waals surface area contributed by atoms with E-state index in [-0.39, 0.29) is 6.10 Å². The zero-order chi connectivity index (χ0) is 13.0. The SMILES string of the molecule is Cc1ccc(Br)c(NCC(O)CC2CCCC2)c1. The molecule has 0 bridgehead atoms. The van der Waals surface area contributed by atoms with Crippen molar-refractivity contribution in [3.05, 3.63) is 28.2 Å². The van der Waals surface area contributed by atoms with E-state index in [2.05, 4.69) is 40.3 Å². The quantitative estimate of drug-likeness (QED) is 0.857. The van der Waals surface area contributed by atoms with Gasteiger partial charge in [0, 0.05) is 16.7 Å². The van der Waals surface area contributed by atoms with Crippen LogP contribution in [0.3, 0.4) is 0 Å². The van der Waals surface area contributed by atoms with E-state index in [9.17, 15) is 5.11 Å². The van der Waals surface area contributed by atoms with Gasteiger partial charge in [-0.25, -0.2) is 0 Å². The lowest BCUT2D eigenvalue weighted by molar-refractivity contribution is 0.155. The number of benzene rings is 1. The van der Waals surface area contributed by atoms with Crippen LogP contribution < -0.4 is 5.32 Å². The van der Waals surface area contributed by atoms with Crippen molar-refractivity contribution < 1.29 is 5.11 Å². The van der Waals surface area contributed by atoms with Crippen molar-refractivity contribution in [1.29, 1.82) is 0 Å². The summed E-state index contributed by atoms with van der Waals surface area (Å²) in [7, 11) is 0. The molecule has 1 aromatic carbocycles. The van der Waals surface area contributed by atoms with Gasteiger partial charge in [0.15, 0.2) is 0 Å². The van der Waals surface area contributed by atoms with E-state index >= 15 is 0 Å². The molecule has 18 heavy (non-hydrogen) atoms. The Morgan fingerprint density at radius 1 is 1.39 bits per heavy atom. The van der Waals surface area contributed by atoms with E-state index in [0.29, 0.717) is 6.54 Å². The fraction of sp³-hybridized carbons (Fsp3) is 0.600. The van der Waals surface area contributed by atoms with E-state index in [1.165, 1.54) is 31.2 Å². The number of hydrogen-bond acceptors (Lipinski definition) is 2. The van der Waals surface area contributed by atoms with Crippen molar-refractivity contribution >= 4 is 21.6 Å². The average Bonchev–Trinajstić information content (AvgIpc) is 2.83. The van der Waals surface area contributed by atoms with Gasteiger partial charge in [-0.05, 0) is 52.9 Å². The van der Waals surface area contributed by atoms with Gasteiger partial charge >= 0.3 is 0 Å². The van der Waals surface area contributed by atoms with Crippen LogP contribution in [0.4, 0.5) is 5.69 Å². The van der Waals surface area contributed by atoms with E-state index in [0.717, 1.165) is 22.5 Å². The Hall–Kier alpha value is -0.540. The summed E-state index contributed by atoms with van der Waals surface area (Å²) in [5.41, 5.74) is 2.30. The Labute approximate surface area is 118 Å². The first-order chi connectivity index (χ1) is 8.65. The molecule has 0 radical (unpaired) electrons. The Kier molecular flexibility index (Phi) is 5.07. The second-order valence-electron chi connectivity index (χ2n) is 5.40. The molecular formula is C15H22BrNO. The van der Waals surface area contributed by atoms with Gasteiger partial charge in [-0.3, -0.25) is 0 Å². The van der Waals surface area contributed by atoms with E-state index in [1.54, 1.807) is 0 Å². The third-order valence-corrected chi connectivity index (χ3v) is 4.42. The van der Waals surface area contributed by atoms with Gasteiger partial charge in [0.2, 0.25) is 0 Å². The highest BCUT2D eigenvalue weighted by Crippen LogP contribution is 2.29. The number of rotatable bonds is 5. The number of aliphatic hydroxyl groups excluding tert-OH is 1. The van der Waals surface area contributed by atoms with Gasteiger partial charge in [0.25, 0.3) is 0 Å². The normalized spacial score (nSPS) is 17.9. The fourth-order valence-corrected chi connectivity index (χ4v) is 3.10. The van der Waals surface area contributed by atoms with Gasteiger partial charge in [0.05, 0.1) is 6.10 Å². The standard InChI is InChI=1S/C15H22BrNO/c1-11-6-7-14(16)15(8-11)17-10-13(18)9-12-4-2-3-5-12/h6-8,12-13,17-18H,2-5,9-10H2,1H3. The number of aryl methyl sites for hydroxylation is 1. The summed E-state index contributed by atoms with van der Waals surface area (Å²) in [4.78, 5) is 0. The minimum Gasteiger partial charge on any atom is -0.391 e. The maximum atomic E-state index is 10.1. The molecule has 1 aromatic rings. The molecule has 0 heterocycles. The third kappa shape index (κ3) is 3.99. The lowest BCUT2D eigenvalue weighted by Crippen LogP contribution is -2.22. The van der Waals surface area contributed by atoms with Gasteiger partial charge in [-0.1, -0.05) is 31.7 Å². The monoisotopic (exact) mass is 311 g/mol. The van der Waals surface area contributed by atoms with Crippen molar-refractivity contribution in [1.82, 2.24) is 0 Å². The predicted molar refractivity (Wildman–Crippen MR) is 80.0 cm³/mol. The molecule has 1 fully saturated rings. The largest absolute Gasteiger partial charge is 0.391 e. The highest BCUT2D eigenvalue weighted by molar-refractivity contribution is 9.10. The van der Waals surface area contributed by atoms with Crippen LogP contribution in [0.5, 0.6) is 0 Å².